The van der Waals surface area contributed by atoms with Crippen molar-refractivity contribution in [3.8, 4) is 0 Å². The van der Waals surface area contributed by atoms with Gasteiger partial charge in [-0.05, 0) is 32.1 Å². The first-order valence-corrected chi connectivity index (χ1v) is 9.57. The summed E-state index contributed by atoms with van der Waals surface area (Å²) in [7, 11) is 0. The molecule has 1 aliphatic carbocycles. The summed E-state index contributed by atoms with van der Waals surface area (Å²) < 4.78 is 6.92. The van der Waals surface area contributed by atoms with Crippen LogP contribution in [0.1, 0.15) is 68.7 Å². The van der Waals surface area contributed by atoms with E-state index < -0.39 is 0 Å². The van der Waals surface area contributed by atoms with Gasteiger partial charge in [0.05, 0.1) is 17.6 Å². The molecule has 3 heterocycles. The first-order chi connectivity index (χ1) is 12.3. The number of aromatic nitrogens is 3. The van der Waals surface area contributed by atoms with Crippen molar-refractivity contribution in [2.75, 3.05) is 18.0 Å². The Morgan fingerprint density at radius 3 is 2.56 bits per heavy atom. The van der Waals surface area contributed by atoms with Crippen LogP contribution in [-0.2, 0) is 6.54 Å². The van der Waals surface area contributed by atoms with Crippen molar-refractivity contribution in [2.45, 2.75) is 63.8 Å². The first kappa shape index (κ1) is 16.4. The van der Waals surface area contributed by atoms with Gasteiger partial charge in [-0.3, -0.25) is 4.79 Å². The number of rotatable bonds is 4. The average Bonchev–Trinajstić information content (AvgIpc) is 3.13. The summed E-state index contributed by atoms with van der Waals surface area (Å²) >= 11 is 0. The Morgan fingerprint density at radius 1 is 1.04 bits per heavy atom. The number of hydrogen-bond donors (Lipinski definition) is 0. The van der Waals surface area contributed by atoms with Crippen molar-refractivity contribution in [2.24, 2.45) is 0 Å². The molecule has 0 radical (unpaired) electrons. The molecule has 1 saturated heterocycles. The van der Waals surface area contributed by atoms with Crippen LogP contribution in [0.25, 0.3) is 0 Å². The van der Waals surface area contributed by atoms with Gasteiger partial charge in [-0.15, -0.1) is 0 Å². The fourth-order valence-corrected chi connectivity index (χ4v) is 4.01. The molecule has 1 aliphatic heterocycles. The molecular weight excluding hydrogens is 316 g/mol. The third-order valence-electron chi connectivity index (χ3n) is 5.48. The smallest absolute Gasteiger partial charge is 0.269 e. The lowest BCUT2D eigenvalue weighted by atomic mass is 9.87. The summed E-state index contributed by atoms with van der Waals surface area (Å²) in [4.78, 5) is 14.7. The third-order valence-corrected chi connectivity index (χ3v) is 5.48. The summed E-state index contributed by atoms with van der Waals surface area (Å²) in [6, 6.07) is 3.69. The molecule has 1 saturated carbocycles. The second-order valence-corrected chi connectivity index (χ2v) is 7.31. The molecule has 6 heteroatoms. The summed E-state index contributed by atoms with van der Waals surface area (Å²) in [5.74, 6) is 1.22. The van der Waals surface area contributed by atoms with Gasteiger partial charge in [0.1, 0.15) is 6.54 Å². The lowest BCUT2D eigenvalue weighted by Gasteiger charge is -2.28. The van der Waals surface area contributed by atoms with E-state index in [4.69, 9.17) is 4.52 Å². The van der Waals surface area contributed by atoms with Gasteiger partial charge in [0, 0.05) is 31.1 Å². The zero-order valence-corrected chi connectivity index (χ0v) is 14.7. The minimum absolute atomic E-state index is 0.0845. The molecule has 2 aromatic heterocycles. The summed E-state index contributed by atoms with van der Waals surface area (Å²) in [6.07, 6.45) is 11.7. The molecule has 4 rings (SSSR count). The monoisotopic (exact) mass is 342 g/mol. The van der Waals surface area contributed by atoms with Crippen molar-refractivity contribution in [1.82, 2.24) is 14.9 Å². The van der Waals surface area contributed by atoms with E-state index in [1.807, 2.05) is 6.07 Å². The Morgan fingerprint density at radius 2 is 1.80 bits per heavy atom. The van der Waals surface area contributed by atoms with E-state index in [2.05, 4.69) is 15.2 Å². The van der Waals surface area contributed by atoms with Crippen molar-refractivity contribution in [3.63, 3.8) is 0 Å². The maximum Gasteiger partial charge on any atom is 0.269 e. The van der Waals surface area contributed by atoms with Gasteiger partial charge >= 0.3 is 0 Å². The predicted octanol–water partition coefficient (Wildman–Crippen LogP) is 3.32. The van der Waals surface area contributed by atoms with Crippen LogP contribution >= 0.6 is 0 Å². The zero-order chi connectivity index (χ0) is 17.1. The second kappa shape index (κ2) is 7.42. The number of piperidine rings is 1. The van der Waals surface area contributed by atoms with Crippen LogP contribution in [0, 0.1) is 0 Å². The molecule has 0 atom stereocenters. The fraction of sp³-hybridized carbons (Fsp3) is 0.632. The molecule has 25 heavy (non-hydrogen) atoms. The van der Waals surface area contributed by atoms with Crippen LogP contribution in [-0.4, -0.2) is 28.0 Å². The Hall–Kier alpha value is -2.11. The predicted molar refractivity (Wildman–Crippen MR) is 96.0 cm³/mol. The van der Waals surface area contributed by atoms with Gasteiger partial charge in [0.15, 0.2) is 5.76 Å². The highest BCUT2D eigenvalue weighted by Gasteiger charge is 2.20. The fourth-order valence-electron chi connectivity index (χ4n) is 4.01. The van der Waals surface area contributed by atoms with Crippen molar-refractivity contribution in [3.05, 3.63) is 40.1 Å². The lowest BCUT2D eigenvalue weighted by Crippen LogP contribution is -2.32. The van der Waals surface area contributed by atoms with Crippen molar-refractivity contribution >= 4 is 5.69 Å². The van der Waals surface area contributed by atoms with E-state index in [0.29, 0.717) is 18.2 Å². The molecular formula is C19H26N4O2. The van der Waals surface area contributed by atoms with Gasteiger partial charge in [-0.1, -0.05) is 24.4 Å². The topological polar surface area (TPSA) is 64.2 Å². The Labute approximate surface area is 147 Å². The molecule has 134 valence electrons. The van der Waals surface area contributed by atoms with E-state index >= 15 is 0 Å². The molecule has 2 aromatic rings. The van der Waals surface area contributed by atoms with Crippen molar-refractivity contribution in [1.29, 1.82) is 0 Å². The highest BCUT2D eigenvalue weighted by molar-refractivity contribution is 5.43. The molecule has 0 spiro atoms. The Kier molecular flexibility index (Phi) is 4.85. The molecule has 0 amide bonds. The maximum absolute atomic E-state index is 12.4. The quantitative estimate of drug-likeness (QED) is 0.853. The highest BCUT2D eigenvalue weighted by Crippen LogP contribution is 2.32. The van der Waals surface area contributed by atoms with E-state index in [-0.39, 0.29) is 5.56 Å². The maximum atomic E-state index is 12.4. The Balaban J connectivity index is 1.45. The zero-order valence-electron chi connectivity index (χ0n) is 14.7. The minimum Gasteiger partial charge on any atom is -0.370 e. The molecule has 0 aromatic carbocycles. The van der Waals surface area contributed by atoms with Crippen LogP contribution in [0.4, 0.5) is 5.69 Å². The van der Waals surface area contributed by atoms with Crippen LogP contribution in [0.5, 0.6) is 0 Å². The SMILES string of the molecule is O=c1cc(N2CCCCC2)cnn1Cc1cc(C2CCCCC2)no1. The van der Waals surface area contributed by atoms with Gasteiger partial charge in [0.25, 0.3) is 5.56 Å². The van der Waals surface area contributed by atoms with Gasteiger partial charge in [-0.2, -0.15) is 5.10 Å². The molecule has 0 unspecified atom stereocenters. The number of hydrogen-bond acceptors (Lipinski definition) is 5. The van der Waals surface area contributed by atoms with Gasteiger partial charge in [-0.25, -0.2) is 4.68 Å². The van der Waals surface area contributed by atoms with E-state index in [9.17, 15) is 4.79 Å². The van der Waals surface area contributed by atoms with Crippen LogP contribution in [0.15, 0.2) is 27.6 Å². The van der Waals surface area contributed by atoms with Gasteiger partial charge in [0.2, 0.25) is 0 Å². The normalized spacial score (nSPS) is 19.3. The number of anilines is 1. The third kappa shape index (κ3) is 3.78. The van der Waals surface area contributed by atoms with Gasteiger partial charge < -0.3 is 9.42 Å². The number of nitrogens with zero attached hydrogens (tertiary/aromatic N) is 4. The molecule has 0 bridgehead atoms. The van der Waals surface area contributed by atoms with Crippen LogP contribution in [0.3, 0.4) is 0 Å². The first-order valence-electron chi connectivity index (χ1n) is 9.57. The minimum atomic E-state index is -0.0845. The summed E-state index contributed by atoms with van der Waals surface area (Å²) in [5, 5.41) is 8.58. The highest BCUT2D eigenvalue weighted by atomic mass is 16.5. The lowest BCUT2D eigenvalue weighted by molar-refractivity contribution is 0.349. The molecule has 0 N–H and O–H groups in total. The molecule has 6 nitrogen and oxygen atoms in total. The molecule has 2 fully saturated rings. The van der Waals surface area contributed by atoms with E-state index in [1.54, 1.807) is 12.3 Å². The van der Waals surface area contributed by atoms with E-state index in [0.717, 1.165) is 24.5 Å². The summed E-state index contributed by atoms with van der Waals surface area (Å²) in [6.45, 7) is 2.37. The average molecular weight is 342 g/mol. The van der Waals surface area contributed by atoms with Crippen molar-refractivity contribution < 1.29 is 4.52 Å². The summed E-state index contributed by atoms with van der Waals surface area (Å²) in [5.41, 5.74) is 1.88. The standard InChI is InChI=1S/C19H26N4O2/c24-19-11-16(22-9-5-2-6-10-22)13-20-23(19)14-17-12-18(21-25-17)15-7-3-1-4-8-15/h11-13,15H,1-10,14H2. The van der Waals surface area contributed by atoms with Crippen LogP contribution in [0.2, 0.25) is 0 Å². The van der Waals surface area contributed by atoms with Crippen LogP contribution < -0.4 is 10.5 Å². The molecule has 2 aliphatic rings. The second-order valence-electron chi connectivity index (χ2n) is 7.31. The largest absolute Gasteiger partial charge is 0.370 e. The Bertz CT molecular complexity index is 755. The van der Waals surface area contributed by atoms with E-state index in [1.165, 1.54) is 56.0 Å².